The van der Waals surface area contributed by atoms with Crippen LogP contribution >= 0.6 is 0 Å². The fraction of sp³-hybridized carbons (Fsp3) is 0.227. The van der Waals surface area contributed by atoms with E-state index >= 15 is 0 Å². The van der Waals surface area contributed by atoms with Crippen LogP contribution in [0.4, 0.5) is 10.5 Å². The van der Waals surface area contributed by atoms with Gasteiger partial charge >= 0.3 is 6.09 Å². The molecule has 0 spiro atoms. The van der Waals surface area contributed by atoms with Gasteiger partial charge in [-0.2, -0.15) is 0 Å². The van der Waals surface area contributed by atoms with E-state index < -0.39 is 34.6 Å². The fourth-order valence-corrected chi connectivity index (χ4v) is 4.57. The molecule has 31 heavy (non-hydrogen) atoms. The first-order valence-electron chi connectivity index (χ1n) is 9.63. The van der Waals surface area contributed by atoms with Crippen molar-refractivity contribution < 1.29 is 22.7 Å². The number of anilines is 1. The predicted octanol–water partition coefficient (Wildman–Crippen LogP) is 3.03. The minimum Gasteiger partial charge on any atom is -0.447 e. The summed E-state index contributed by atoms with van der Waals surface area (Å²) in [4.78, 5) is 31.1. The Morgan fingerprint density at radius 1 is 1.16 bits per heavy atom. The highest BCUT2D eigenvalue weighted by molar-refractivity contribution is 7.92. The van der Waals surface area contributed by atoms with Crippen molar-refractivity contribution in [1.29, 1.82) is 0 Å². The molecule has 0 radical (unpaired) electrons. The molecule has 2 heterocycles. The summed E-state index contributed by atoms with van der Waals surface area (Å²) in [5, 5.41) is 0.701. The average Bonchev–Trinajstić information content (AvgIpc) is 3.08. The van der Waals surface area contributed by atoms with Crippen molar-refractivity contribution in [2.45, 2.75) is 13.0 Å². The van der Waals surface area contributed by atoms with Crippen LogP contribution in [0.25, 0.3) is 10.9 Å². The summed E-state index contributed by atoms with van der Waals surface area (Å²) in [7, 11) is -3.95. The maximum atomic E-state index is 13.1. The number of nitrogens with zero attached hydrogens (tertiary/aromatic N) is 3. The topological polar surface area (TPSA) is 96.9 Å². The molecule has 0 saturated carbocycles. The third kappa shape index (κ3) is 4.22. The van der Waals surface area contributed by atoms with Gasteiger partial charge in [0.1, 0.15) is 13.2 Å². The van der Waals surface area contributed by atoms with Crippen molar-refractivity contribution in [2.24, 2.45) is 0 Å². The molecule has 1 aliphatic heterocycles. The van der Waals surface area contributed by atoms with Crippen LogP contribution in [0.3, 0.4) is 0 Å². The molecule has 2 aromatic carbocycles. The van der Waals surface area contributed by atoms with Gasteiger partial charge in [-0.25, -0.2) is 17.5 Å². The van der Waals surface area contributed by atoms with E-state index in [0.29, 0.717) is 10.9 Å². The van der Waals surface area contributed by atoms with Crippen LogP contribution in [-0.2, 0) is 19.6 Å². The van der Waals surface area contributed by atoms with Crippen LogP contribution in [-0.4, -0.2) is 49.7 Å². The van der Waals surface area contributed by atoms with Crippen LogP contribution < -0.4 is 4.31 Å². The smallest absolute Gasteiger partial charge is 0.410 e. The van der Waals surface area contributed by atoms with Gasteiger partial charge in [0, 0.05) is 11.1 Å². The number of carbonyl (C=O) groups excluding carboxylic acids is 2. The summed E-state index contributed by atoms with van der Waals surface area (Å²) in [6, 6.07) is 17.1. The maximum Gasteiger partial charge on any atom is 0.410 e. The number of pyridine rings is 1. The van der Waals surface area contributed by atoms with Gasteiger partial charge < -0.3 is 4.74 Å². The number of hydrogen-bond acceptors (Lipinski definition) is 6. The monoisotopic (exact) mass is 439 g/mol. The number of amides is 2. The zero-order valence-corrected chi connectivity index (χ0v) is 17.9. The molecule has 1 fully saturated rings. The highest BCUT2D eigenvalue weighted by Crippen LogP contribution is 2.29. The van der Waals surface area contributed by atoms with Gasteiger partial charge in [-0.3, -0.25) is 14.7 Å². The Kier molecular flexibility index (Phi) is 5.36. The molecule has 1 aromatic heterocycles. The van der Waals surface area contributed by atoms with Gasteiger partial charge in [-0.05, 0) is 36.8 Å². The SMILES string of the molecule is Cc1ccc2cc(N(C(=O)CN3C(=O)OC[C@@H]3c3ccccc3)S(C)(=O)=O)ccc2n1. The van der Waals surface area contributed by atoms with Crippen molar-refractivity contribution in [3.63, 3.8) is 0 Å². The lowest BCUT2D eigenvalue weighted by molar-refractivity contribution is -0.118. The van der Waals surface area contributed by atoms with Gasteiger partial charge in [0.2, 0.25) is 10.0 Å². The lowest BCUT2D eigenvalue weighted by Gasteiger charge is -2.26. The first-order valence-corrected chi connectivity index (χ1v) is 11.5. The predicted molar refractivity (Wildman–Crippen MR) is 116 cm³/mol. The van der Waals surface area contributed by atoms with Crippen molar-refractivity contribution in [3.8, 4) is 0 Å². The molecule has 1 saturated heterocycles. The molecular weight excluding hydrogens is 418 g/mol. The van der Waals surface area contributed by atoms with Gasteiger partial charge in [0.25, 0.3) is 5.91 Å². The van der Waals surface area contributed by atoms with E-state index in [2.05, 4.69) is 4.98 Å². The van der Waals surface area contributed by atoms with Crippen LogP contribution in [0.2, 0.25) is 0 Å². The number of aromatic nitrogens is 1. The Labute approximate surface area is 180 Å². The van der Waals surface area contributed by atoms with Crippen molar-refractivity contribution >= 4 is 38.6 Å². The van der Waals surface area contributed by atoms with Crippen LogP contribution in [0, 0.1) is 6.92 Å². The standard InChI is InChI=1S/C22H21N3O5S/c1-15-8-9-17-12-18(10-11-19(17)23-15)25(31(2,28)29)21(26)13-24-20(14-30-22(24)27)16-6-4-3-5-7-16/h3-12,20H,13-14H2,1-2H3/t20-/m1/s1. The number of fused-ring (bicyclic) bond motifs is 1. The summed E-state index contributed by atoms with van der Waals surface area (Å²) in [5.41, 5.74) is 2.52. The lowest BCUT2D eigenvalue weighted by Crippen LogP contribution is -2.44. The molecule has 9 heteroatoms. The molecule has 4 rings (SSSR count). The maximum absolute atomic E-state index is 13.1. The summed E-state index contributed by atoms with van der Waals surface area (Å²) in [6.07, 6.45) is 0.299. The second-order valence-corrected chi connectivity index (χ2v) is 9.21. The molecule has 0 unspecified atom stereocenters. The largest absolute Gasteiger partial charge is 0.447 e. The van der Waals surface area contributed by atoms with E-state index in [9.17, 15) is 18.0 Å². The third-order valence-corrected chi connectivity index (χ3v) is 6.15. The molecule has 2 amide bonds. The Hall–Kier alpha value is -3.46. The highest BCUT2D eigenvalue weighted by atomic mass is 32.2. The zero-order valence-electron chi connectivity index (χ0n) is 17.1. The number of aryl methyl sites for hydroxylation is 1. The third-order valence-electron chi connectivity index (χ3n) is 5.07. The summed E-state index contributed by atoms with van der Waals surface area (Å²) >= 11 is 0. The number of hydrogen-bond donors (Lipinski definition) is 0. The Morgan fingerprint density at radius 2 is 1.90 bits per heavy atom. The number of sulfonamides is 1. The summed E-state index contributed by atoms with van der Waals surface area (Å²) in [6.45, 7) is 1.52. The molecule has 0 N–H and O–H groups in total. The molecule has 0 bridgehead atoms. The minimum absolute atomic E-state index is 0.0933. The molecule has 3 aromatic rings. The normalized spacial score (nSPS) is 16.4. The molecular formula is C22H21N3O5S. The zero-order chi connectivity index (χ0) is 22.2. The Morgan fingerprint density at radius 3 is 2.61 bits per heavy atom. The van der Waals surface area contributed by atoms with Crippen LogP contribution in [0.1, 0.15) is 17.3 Å². The van der Waals surface area contributed by atoms with E-state index in [4.69, 9.17) is 4.74 Å². The van der Waals surface area contributed by atoms with Gasteiger partial charge in [0.15, 0.2) is 0 Å². The van der Waals surface area contributed by atoms with E-state index in [1.165, 1.54) is 11.0 Å². The molecule has 1 aliphatic rings. The first-order chi connectivity index (χ1) is 14.7. The quantitative estimate of drug-likeness (QED) is 0.606. The number of ether oxygens (including phenoxy) is 1. The van der Waals surface area contributed by atoms with E-state index in [1.807, 2.05) is 49.4 Å². The lowest BCUT2D eigenvalue weighted by atomic mass is 10.1. The average molecular weight is 439 g/mol. The van der Waals surface area contributed by atoms with Crippen molar-refractivity contribution in [2.75, 3.05) is 23.7 Å². The van der Waals surface area contributed by atoms with Crippen molar-refractivity contribution in [3.05, 3.63) is 71.9 Å². The molecule has 0 aliphatic carbocycles. The molecule has 160 valence electrons. The highest BCUT2D eigenvalue weighted by Gasteiger charge is 2.38. The number of rotatable bonds is 5. The number of cyclic esters (lactones) is 1. The second-order valence-electron chi connectivity index (χ2n) is 7.38. The first kappa shape index (κ1) is 20.8. The van der Waals surface area contributed by atoms with Gasteiger partial charge in [0.05, 0.1) is 23.5 Å². The minimum atomic E-state index is -3.95. The van der Waals surface area contributed by atoms with E-state index in [0.717, 1.165) is 21.8 Å². The number of carbonyl (C=O) groups is 2. The van der Waals surface area contributed by atoms with Gasteiger partial charge in [-0.1, -0.05) is 36.4 Å². The van der Waals surface area contributed by atoms with E-state index in [1.54, 1.807) is 12.1 Å². The van der Waals surface area contributed by atoms with E-state index in [-0.39, 0.29) is 12.3 Å². The fourth-order valence-electron chi connectivity index (χ4n) is 3.65. The number of benzene rings is 2. The summed E-state index contributed by atoms with van der Waals surface area (Å²) < 4.78 is 30.9. The molecule has 8 nitrogen and oxygen atoms in total. The van der Waals surface area contributed by atoms with Crippen molar-refractivity contribution in [1.82, 2.24) is 9.88 Å². The van der Waals surface area contributed by atoms with Gasteiger partial charge in [-0.15, -0.1) is 0 Å². The van der Waals surface area contributed by atoms with Crippen LogP contribution in [0.15, 0.2) is 60.7 Å². The molecule has 1 atom stereocenters. The summed E-state index contributed by atoms with van der Waals surface area (Å²) in [5.74, 6) is -0.748. The Bertz CT molecular complexity index is 1260. The Balaban J connectivity index is 1.66. The van der Waals surface area contributed by atoms with Crippen LogP contribution in [0.5, 0.6) is 0 Å². The second kappa shape index (κ2) is 7.99.